The zero-order valence-electron chi connectivity index (χ0n) is 10.2. The smallest absolute Gasteiger partial charge is 0.311 e. The van der Waals surface area contributed by atoms with Crippen LogP contribution in [0.15, 0.2) is 0 Å². The first kappa shape index (κ1) is 15.4. The predicted molar refractivity (Wildman–Crippen MR) is 60.4 cm³/mol. The van der Waals surface area contributed by atoms with Gasteiger partial charge in [-0.3, -0.25) is 8.98 Å². The molecule has 0 fully saturated rings. The lowest BCUT2D eigenvalue weighted by molar-refractivity contribution is -0.149. The second-order valence-corrected chi connectivity index (χ2v) is 5.27. The molecule has 0 aliphatic heterocycles. The quantitative estimate of drug-likeness (QED) is 0.505. The van der Waals surface area contributed by atoms with Crippen LogP contribution in [0.2, 0.25) is 0 Å². The van der Waals surface area contributed by atoms with Crippen LogP contribution in [-0.2, 0) is 23.8 Å². The average molecular weight is 252 g/mol. The molecule has 0 radical (unpaired) electrons. The first-order chi connectivity index (χ1) is 7.35. The van der Waals surface area contributed by atoms with Crippen molar-refractivity contribution in [1.82, 2.24) is 0 Å². The van der Waals surface area contributed by atoms with Gasteiger partial charge in [0.2, 0.25) is 0 Å². The number of rotatable bonds is 7. The van der Waals surface area contributed by atoms with E-state index in [0.29, 0.717) is 12.8 Å². The molecule has 16 heavy (non-hydrogen) atoms. The summed E-state index contributed by atoms with van der Waals surface area (Å²) < 4.78 is 31.6. The first-order valence-corrected chi connectivity index (χ1v) is 7.13. The van der Waals surface area contributed by atoms with Crippen molar-refractivity contribution in [2.75, 3.05) is 13.4 Å². The molecule has 0 aliphatic carbocycles. The molecule has 0 aliphatic rings. The molecule has 0 amide bonds. The molecule has 6 heteroatoms. The van der Waals surface area contributed by atoms with Crippen LogP contribution in [-0.4, -0.2) is 33.9 Å². The van der Waals surface area contributed by atoms with E-state index in [4.69, 9.17) is 4.18 Å². The van der Waals surface area contributed by atoms with Gasteiger partial charge >= 0.3 is 5.97 Å². The summed E-state index contributed by atoms with van der Waals surface area (Å²) in [6.45, 7) is 3.70. The summed E-state index contributed by atoms with van der Waals surface area (Å²) in [5, 5.41) is 0. The third kappa shape index (κ3) is 5.46. The van der Waals surface area contributed by atoms with Crippen LogP contribution in [0, 0.1) is 5.92 Å². The van der Waals surface area contributed by atoms with Gasteiger partial charge in [0.15, 0.2) is 0 Å². The monoisotopic (exact) mass is 252 g/mol. The third-order valence-corrected chi connectivity index (χ3v) is 2.85. The molecule has 0 aromatic carbocycles. The second kappa shape index (κ2) is 6.85. The van der Waals surface area contributed by atoms with Crippen molar-refractivity contribution in [3.8, 4) is 0 Å². The molecule has 0 saturated carbocycles. The zero-order chi connectivity index (χ0) is 12.8. The van der Waals surface area contributed by atoms with Gasteiger partial charge in [0, 0.05) is 0 Å². The summed E-state index contributed by atoms with van der Waals surface area (Å²) in [6, 6.07) is 0. The maximum atomic E-state index is 11.5. The lowest BCUT2D eigenvalue weighted by Gasteiger charge is -2.22. The molecule has 96 valence electrons. The highest BCUT2D eigenvalue weighted by atomic mass is 32.2. The van der Waals surface area contributed by atoms with E-state index in [1.54, 1.807) is 6.92 Å². The maximum absolute atomic E-state index is 11.5. The fraction of sp³-hybridized carbons (Fsp3) is 0.900. The number of carbonyl (C=O) groups is 1. The fourth-order valence-corrected chi connectivity index (χ4v) is 2.28. The van der Waals surface area contributed by atoms with E-state index < -0.39 is 28.1 Å². The minimum atomic E-state index is -3.55. The number of hydrogen-bond acceptors (Lipinski definition) is 5. The molecular formula is C10H20O5S. The third-order valence-electron chi connectivity index (χ3n) is 2.25. The van der Waals surface area contributed by atoms with E-state index >= 15 is 0 Å². The van der Waals surface area contributed by atoms with Crippen molar-refractivity contribution in [1.29, 1.82) is 0 Å². The minimum absolute atomic E-state index is 0.419. The highest BCUT2D eigenvalue weighted by molar-refractivity contribution is 7.86. The standard InChI is InChI=1S/C10H20O5S/c1-5-7-8(10(11)14-3)9(6-2)15-16(4,12)13/h8-9H,5-7H2,1-4H3/t8-,9-/m1/s1. The van der Waals surface area contributed by atoms with Gasteiger partial charge in [0.25, 0.3) is 10.1 Å². The highest BCUT2D eigenvalue weighted by Crippen LogP contribution is 2.20. The highest BCUT2D eigenvalue weighted by Gasteiger charge is 2.30. The molecule has 0 heterocycles. The Balaban J connectivity index is 4.77. The van der Waals surface area contributed by atoms with Crippen LogP contribution in [0.4, 0.5) is 0 Å². The van der Waals surface area contributed by atoms with Crippen molar-refractivity contribution in [2.45, 2.75) is 39.2 Å². The Kier molecular flexibility index (Phi) is 6.59. The van der Waals surface area contributed by atoms with Crippen LogP contribution in [0.25, 0.3) is 0 Å². The zero-order valence-corrected chi connectivity index (χ0v) is 11.0. The first-order valence-electron chi connectivity index (χ1n) is 5.31. The molecule has 0 bridgehead atoms. The van der Waals surface area contributed by atoms with E-state index in [2.05, 4.69) is 4.74 Å². The summed E-state index contributed by atoms with van der Waals surface area (Å²) in [5.41, 5.74) is 0. The van der Waals surface area contributed by atoms with Crippen molar-refractivity contribution in [2.24, 2.45) is 5.92 Å². The van der Waals surface area contributed by atoms with Gasteiger partial charge < -0.3 is 4.74 Å². The second-order valence-electron chi connectivity index (χ2n) is 3.67. The van der Waals surface area contributed by atoms with Crippen molar-refractivity contribution in [3.05, 3.63) is 0 Å². The number of methoxy groups -OCH3 is 1. The summed E-state index contributed by atoms with van der Waals surface area (Å²) in [4.78, 5) is 11.5. The van der Waals surface area contributed by atoms with E-state index in [1.165, 1.54) is 7.11 Å². The lowest BCUT2D eigenvalue weighted by atomic mass is 9.95. The Labute approximate surface area is 97.2 Å². The Hall–Kier alpha value is -0.620. The molecule has 0 aromatic heterocycles. The van der Waals surface area contributed by atoms with Gasteiger partial charge in [0.05, 0.1) is 25.4 Å². The topological polar surface area (TPSA) is 69.7 Å². The number of hydrogen-bond donors (Lipinski definition) is 0. The SMILES string of the molecule is CCC[C@@H](C(=O)OC)[C@@H](CC)OS(C)(=O)=O. The number of ether oxygens (including phenoxy) is 1. The van der Waals surface area contributed by atoms with Gasteiger partial charge in [-0.05, 0) is 12.8 Å². The summed E-state index contributed by atoms with van der Waals surface area (Å²) in [5.74, 6) is -0.938. The molecular weight excluding hydrogens is 232 g/mol. The van der Waals surface area contributed by atoms with E-state index in [-0.39, 0.29) is 0 Å². The van der Waals surface area contributed by atoms with E-state index in [9.17, 15) is 13.2 Å². The summed E-state index contributed by atoms with van der Waals surface area (Å²) >= 11 is 0. The predicted octanol–water partition coefficient (Wildman–Crippen LogP) is 1.33. The number of carbonyl (C=O) groups excluding carboxylic acids is 1. The van der Waals surface area contributed by atoms with Crippen molar-refractivity contribution >= 4 is 16.1 Å². The molecule has 0 N–H and O–H groups in total. The van der Waals surface area contributed by atoms with Gasteiger partial charge in [-0.15, -0.1) is 0 Å². The van der Waals surface area contributed by atoms with Crippen LogP contribution in [0.1, 0.15) is 33.1 Å². The lowest BCUT2D eigenvalue weighted by Crippen LogP contribution is -2.32. The van der Waals surface area contributed by atoms with E-state index in [0.717, 1.165) is 12.7 Å². The Morgan fingerprint density at radius 1 is 1.31 bits per heavy atom. The Morgan fingerprint density at radius 2 is 1.88 bits per heavy atom. The fourth-order valence-electron chi connectivity index (χ4n) is 1.56. The van der Waals surface area contributed by atoms with Crippen LogP contribution in [0.3, 0.4) is 0 Å². The minimum Gasteiger partial charge on any atom is -0.469 e. The van der Waals surface area contributed by atoms with Crippen molar-refractivity contribution < 1.29 is 22.1 Å². The molecule has 5 nitrogen and oxygen atoms in total. The molecule has 0 saturated heterocycles. The Morgan fingerprint density at radius 3 is 2.19 bits per heavy atom. The molecule has 0 rings (SSSR count). The van der Waals surface area contributed by atoms with Gasteiger partial charge in [-0.1, -0.05) is 20.3 Å². The van der Waals surface area contributed by atoms with Gasteiger partial charge in [-0.25, -0.2) is 0 Å². The molecule has 0 unspecified atom stereocenters. The van der Waals surface area contributed by atoms with E-state index in [1.807, 2.05) is 6.92 Å². The Bertz CT molecular complexity index is 309. The summed E-state index contributed by atoms with van der Waals surface area (Å²) in [7, 11) is -2.26. The largest absolute Gasteiger partial charge is 0.469 e. The van der Waals surface area contributed by atoms with Gasteiger partial charge in [-0.2, -0.15) is 8.42 Å². The normalized spacial score (nSPS) is 15.5. The van der Waals surface area contributed by atoms with Crippen LogP contribution < -0.4 is 0 Å². The summed E-state index contributed by atoms with van der Waals surface area (Å²) in [6.07, 6.45) is 2.12. The van der Waals surface area contributed by atoms with Crippen LogP contribution in [0.5, 0.6) is 0 Å². The molecule has 0 aromatic rings. The maximum Gasteiger partial charge on any atom is 0.311 e. The molecule has 0 spiro atoms. The average Bonchev–Trinajstić information content (AvgIpc) is 2.20. The van der Waals surface area contributed by atoms with Crippen LogP contribution >= 0.6 is 0 Å². The van der Waals surface area contributed by atoms with Gasteiger partial charge in [0.1, 0.15) is 0 Å². The molecule has 2 atom stereocenters. The van der Waals surface area contributed by atoms with Crippen molar-refractivity contribution in [3.63, 3.8) is 0 Å². The number of esters is 1.